The average molecular weight is 437 g/mol. The van der Waals surface area contributed by atoms with Crippen molar-refractivity contribution in [2.24, 2.45) is 4.99 Å². The Morgan fingerprint density at radius 1 is 1.00 bits per heavy atom. The van der Waals surface area contributed by atoms with Crippen molar-refractivity contribution in [3.63, 3.8) is 0 Å². The van der Waals surface area contributed by atoms with E-state index in [1.54, 1.807) is 4.90 Å². The van der Waals surface area contributed by atoms with Gasteiger partial charge in [0.1, 0.15) is 5.25 Å². The number of rotatable bonds is 5. The number of amides is 2. The standard InChI is InChI=1S/C24H28N4O2S/c1-26-14-16-27(17-15-26)23(30)21-18-22(29)28(13-12-19-8-4-2-5-9-19)24(31-21)25-20-10-6-3-7-11-20/h2-11,21H,12-18H2,1H3. The summed E-state index contributed by atoms with van der Waals surface area (Å²) >= 11 is 1.43. The van der Waals surface area contributed by atoms with E-state index in [0.29, 0.717) is 24.8 Å². The lowest BCUT2D eigenvalue weighted by molar-refractivity contribution is -0.136. The van der Waals surface area contributed by atoms with Gasteiger partial charge in [0.2, 0.25) is 11.8 Å². The number of benzene rings is 2. The number of nitrogens with zero attached hydrogens (tertiary/aromatic N) is 4. The molecule has 0 bridgehead atoms. The third kappa shape index (κ3) is 5.54. The van der Waals surface area contributed by atoms with Gasteiger partial charge in [-0.3, -0.25) is 14.5 Å². The number of piperazine rings is 1. The minimum atomic E-state index is -0.411. The Bertz CT molecular complexity index is 927. The highest BCUT2D eigenvalue weighted by Crippen LogP contribution is 2.30. The predicted octanol–water partition coefficient (Wildman–Crippen LogP) is 3.02. The Morgan fingerprint density at radius 3 is 2.32 bits per heavy atom. The minimum Gasteiger partial charge on any atom is -0.339 e. The fraction of sp³-hybridized carbons (Fsp3) is 0.375. The van der Waals surface area contributed by atoms with Gasteiger partial charge in [-0.2, -0.15) is 0 Å². The van der Waals surface area contributed by atoms with Gasteiger partial charge in [0.05, 0.1) is 5.69 Å². The number of thioether (sulfide) groups is 1. The lowest BCUT2D eigenvalue weighted by Crippen LogP contribution is -2.52. The third-order valence-corrected chi connectivity index (χ3v) is 6.85. The first-order valence-electron chi connectivity index (χ1n) is 10.7. The summed E-state index contributed by atoms with van der Waals surface area (Å²) in [5.74, 6) is 0.0201. The number of likely N-dealkylation sites (N-methyl/N-ethyl adjacent to an activating group) is 1. The molecular weight excluding hydrogens is 408 g/mol. The van der Waals surface area contributed by atoms with Gasteiger partial charge in [-0.25, -0.2) is 4.99 Å². The van der Waals surface area contributed by atoms with E-state index in [9.17, 15) is 9.59 Å². The second-order valence-corrected chi connectivity index (χ2v) is 9.12. The fourth-order valence-corrected chi connectivity index (χ4v) is 4.99. The maximum atomic E-state index is 13.2. The number of carbonyl (C=O) groups excluding carboxylic acids is 2. The van der Waals surface area contributed by atoms with Crippen molar-refractivity contribution in [3.05, 3.63) is 66.2 Å². The first-order valence-corrected chi connectivity index (χ1v) is 11.6. The van der Waals surface area contributed by atoms with Gasteiger partial charge in [-0.15, -0.1) is 0 Å². The van der Waals surface area contributed by atoms with Gasteiger partial charge >= 0.3 is 0 Å². The lowest BCUT2D eigenvalue weighted by atomic mass is 10.1. The van der Waals surface area contributed by atoms with Crippen LogP contribution in [0.1, 0.15) is 12.0 Å². The van der Waals surface area contributed by atoms with Crippen molar-refractivity contribution in [1.29, 1.82) is 0 Å². The zero-order valence-electron chi connectivity index (χ0n) is 17.8. The SMILES string of the molecule is CN1CCN(C(=O)C2CC(=O)N(CCc3ccccc3)C(=Nc3ccccc3)S2)CC1. The fourth-order valence-electron chi connectivity index (χ4n) is 3.78. The molecule has 2 amide bonds. The Hall–Kier alpha value is -2.64. The van der Waals surface area contributed by atoms with Crippen LogP contribution in [0.25, 0.3) is 0 Å². The normalized spacial score (nSPS) is 21.5. The van der Waals surface area contributed by atoms with Crippen molar-refractivity contribution in [2.45, 2.75) is 18.1 Å². The first kappa shape index (κ1) is 21.6. The van der Waals surface area contributed by atoms with Crippen molar-refractivity contribution >= 4 is 34.4 Å². The highest BCUT2D eigenvalue weighted by Gasteiger charge is 2.38. The topological polar surface area (TPSA) is 56.2 Å². The minimum absolute atomic E-state index is 0.0307. The Morgan fingerprint density at radius 2 is 1.65 bits per heavy atom. The summed E-state index contributed by atoms with van der Waals surface area (Å²) in [7, 11) is 2.07. The molecule has 2 saturated heterocycles. The number of para-hydroxylation sites is 1. The molecule has 1 atom stereocenters. The highest BCUT2D eigenvalue weighted by atomic mass is 32.2. The van der Waals surface area contributed by atoms with E-state index in [4.69, 9.17) is 4.99 Å². The van der Waals surface area contributed by atoms with Crippen molar-refractivity contribution < 1.29 is 9.59 Å². The van der Waals surface area contributed by atoms with Crippen LogP contribution in [0.5, 0.6) is 0 Å². The Kier molecular flexibility index (Phi) is 7.04. The highest BCUT2D eigenvalue weighted by molar-refractivity contribution is 8.15. The zero-order valence-corrected chi connectivity index (χ0v) is 18.6. The molecule has 0 aromatic heterocycles. The molecule has 0 aliphatic carbocycles. The molecule has 31 heavy (non-hydrogen) atoms. The van der Waals surface area contributed by atoms with Crippen molar-refractivity contribution in [3.8, 4) is 0 Å². The van der Waals surface area contributed by atoms with E-state index < -0.39 is 5.25 Å². The second kappa shape index (κ2) is 10.1. The zero-order chi connectivity index (χ0) is 21.6. The van der Waals surface area contributed by atoms with Crippen LogP contribution in [0, 0.1) is 0 Å². The summed E-state index contributed by atoms with van der Waals surface area (Å²) < 4.78 is 0. The van der Waals surface area contributed by atoms with Gasteiger partial charge in [0.15, 0.2) is 5.17 Å². The molecule has 6 nitrogen and oxygen atoms in total. The maximum absolute atomic E-state index is 13.2. The van der Waals surface area contributed by atoms with Crippen LogP contribution in [-0.4, -0.2) is 76.7 Å². The molecule has 2 aromatic rings. The number of hydrogen-bond acceptors (Lipinski definition) is 5. The van der Waals surface area contributed by atoms with E-state index in [0.717, 1.165) is 25.2 Å². The van der Waals surface area contributed by atoms with E-state index in [1.807, 2.05) is 53.4 Å². The molecule has 2 aliphatic rings. The van der Waals surface area contributed by atoms with Crippen LogP contribution in [0.2, 0.25) is 0 Å². The largest absolute Gasteiger partial charge is 0.339 e. The molecule has 2 aromatic carbocycles. The number of aliphatic imine (C=N–C) groups is 1. The van der Waals surface area contributed by atoms with Crippen LogP contribution < -0.4 is 0 Å². The summed E-state index contributed by atoms with van der Waals surface area (Å²) in [5.41, 5.74) is 1.96. The van der Waals surface area contributed by atoms with Gasteiger partial charge in [0.25, 0.3) is 0 Å². The number of hydrogen-bond donors (Lipinski definition) is 0. The molecule has 0 saturated carbocycles. The molecule has 162 valence electrons. The Labute approximate surface area is 187 Å². The van der Waals surface area contributed by atoms with Crippen molar-refractivity contribution in [1.82, 2.24) is 14.7 Å². The van der Waals surface area contributed by atoms with E-state index >= 15 is 0 Å². The van der Waals surface area contributed by atoms with Gasteiger partial charge in [-0.05, 0) is 31.2 Å². The van der Waals surface area contributed by atoms with Gasteiger partial charge in [-0.1, -0.05) is 60.3 Å². The predicted molar refractivity (Wildman–Crippen MR) is 125 cm³/mol. The van der Waals surface area contributed by atoms with E-state index in [1.165, 1.54) is 17.3 Å². The molecule has 2 fully saturated rings. The summed E-state index contributed by atoms with van der Waals surface area (Å²) in [4.78, 5) is 36.9. The molecule has 0 spiro atoms. The van der Waals surface area contributed by atoms with Crippen LogP contribution in [-0.2, 0) is 16.0 Å². The van der Waals surface area contributed by atoms with Crippen LogP contribution in [0.4, 0.5) is 5.69 Å². The second-order valence-electron chi connectivity index (χ2n) is 7.95. The van der Waals surface area contributed by atoms with Crippen molar-refractivity contribution in [2.75, 3.05) is 39.8 Å². The molecule has 0 N–H and O–H groups in total. The Balaban J connectivity index is 1.52. The maximum Gasteiger partial charge on any atom is 0.236 e. The first-order chi connectivity index (χ1) is 15.1. The summed E-state index contributed by atoms with van der Waals surface area (Å²) in [6, 6.07) is 19.8. The molecular formula is C24H28N4O2S. The van der Waals surface area contributed by atoms with E-state index in [2.05, 4.69) is 24.1 Å². The molecule has 7 heteroatoms. The molecule has 2 heterocycles. The number of amidine groups is 1. The number of carbonyl (C=O) groups is 2. The quantitative estimate of drug-likeness (QED) is 0.723. The van der Waals surface area contributed by atoms with Gasteiger partial charge < -0.3 is 9.80 Å². The van der Waals surface area contributed by atoms with Crippen LogP contribution in [0.3, 0.4) is 0 Å². The van der Waals surface area contributed by atoms with Gasteiger partial charge in [0, 0.05) is 39.1 Å². The smallest absolute Gasteiger partial charge is 0.236 e. The third-order valence-electron chi connectivity index (χ3n) is 5.68. The molecule has 4 rings (SSSR count). The molecule has 0 radical (unpaired) electrons. The molecule has 2 aliphatic heterocycles. The van der Waals surface area contributed by atoms with E-state index in [-0.39, 0.29) is 18.2 Å². The molecule has 1 unspecified atom stereocenters. The average Bonchev–Trinajstić information content (AvgIpc) is 2.80. The lowest BCUT2D eigenvalue weighted by Gasteiger charge is -2.37. The van der Waals surface area contributed by atoms with Crippen LogP contribution in [0.15, 0.2) is 65.7 Å². The summed E-state index contributed by atoms with van der Waals surface area (Å²) in [6.45, 7) is 3.71. The summed E-state index contributed by atoms with van der Waals surface area (Å²) in [5, 5.41) is 0.206. The van der Waals surface area contributed by atoms with Crippen LogP contribution >= 0.6 is 11.8 Å². The monoisotopic (exact) mass is 436 g/mol. The summed E-state index contributed by atoms with van der Waals surface area (Å²) in [6.07, 6.45) is 0.969.